The molecule has 0 bridgehead atoms. The van der Waals surface area contributed by atoms with Gasteiger partial charge in [0.05, 0.1) is 17.9 Å². The second-order valence-electron chi connectivity index (χ2n) is 5.16. The van der Waals surface area contributed by atoms with Crippen LogP contribution in [-0.2, 0) is 11.3 Å². The first-order valence-electron chi connectivity index (χ1n) is 7.43. The van der Waals surface area contributed by atoms with Gasteiger partial charge in [-0.2, -0.15) is 0 Å². The van der Waals surface area contributed by atoms with E-state index in [0.717, 1.165) is 35.8 Å². The highest BCUT2D eigenvalue weighted by Crippen LogP contribution is 2.28. The third-order valence-electron chi connectivity index (χ3n) is 3.50. The molecule has 0 amide bonds. The number of aromatic nitrogens is 4. The largest absolute Gasteiger partial charge is 0.405 e. The van der Waals surface area contributed by atoms with Crippen molar-refractivity contribution in [3.63, 3.8) is 0 Å². The average Bonchev–Trinajstić information content (AvgIpc) is 3.33. The minimum absolute atomic E-state index is 0.0620. The standard InChI is InChI=1S/C15H15N5O2S/c1-2-6-16-11(4-1)14-18-10(9-23-14)8-17-15-20-19-13(22-15)12-5-3-7-21-12/h1-2,4,6,9,12H,3,5,7-8H2,(H,17,20)/t12-/m1/s1. The fraction of sp³-hybridized carbons (Fsp3) is 0.333. The van der Waals surface area contributed by atoms with Gasteiger partial charge in [-0.05, 0) is 25.0 Å². The lowest BCUT2D eigenvalue weighted by Crippen LogP contribution is -2.00. The third kappa shape index (κ3) is 3.22. The molecule has 0 unspecified atom stereocenters. The van der Waals surface area contributed by atoms with E-state index < -0.39 is 0 Å². The molecule has 23 heavy (non-hydrogen) atoms. The van der Waals surface area contributed by atoms with Crippen LogP contribution in [-0.4, -0.2) is 26.8 Å². The Labute approximate surface area is 136 Å². The highest BCUT2D eigenvalue weighted by molar-refractivity contribution is 7.13. The van der Waals surface area contributed by atoms with Crippen molar-refractivity contribution >= 4 is 17.4 Å². The number of hydrogen-bond donors (Lipinski definition) is 1. The molecule has 1 N–H and O–H groups in total. The van der Waals surface area contributed by atoms with Crippen molar-refractivity contribution in [2.75, 3.05) is 11.9 Å². The summed E-state index contributed by atoms with van der Waals surface area (Å²) in [5.74, 6) is 0.539. The predicted molar refractivity (Wildman–Crippen MR) is 84.9 cm³/mol. The number of thiazole rings is 1. The summed E-state index contributed by atoms with van der Waals surface area (Å²) in [5.41, 5.74) is 1.79. The van der Waals surface area contributed by atoms with Crippen molar-refractivity contribution in [1.29, 1.82) is 0 Å². The first kappa shape index (κ1) is 14.3. The molecule has 118 valence electrons. The van der Waals surface area contributed by atoms with E-state index in [9.17, 15) is 0 Å². The van der Waals surface area contributed by atoms with E-state index in [1.165, 1.54) is 0 Å². The molecule has 0 spiro atoms. The van der Waals surface area contributed by atoms with Gasteiger partial charge in [0.1, 0.15) is 11.1 Å². The van der Waals surface area contributed by atoms with Crippen molar-refractivity contribution in [2.24, 2.45) is 0 Å². The number of nitrogens with zero attached hydrogens (tertiary/aromatic N) is 4. The lowest BCUT2D eigenvalue weighted by atomic mass is 10.2. The Morgan fingerprint density at radius 3 is 3.13 bits per heavy atom. The van der Waals surface area contributed by atoms with Gasteiger partial charge >= 0.3 is 6.01 Å². The molecule has 1 saturated heterocycles. The Morgan fingerprint density at radius 2 is 2.30 bits per heavy atom. The van der Waals surface area contributed by atoms with Crippen LogP contribution >= 0.6 is 11.3 Å². The monoisotopic (exact) mass is 329 g/mol. The molecule has 0 radical (unpaired) electrons. The van der Waals surface area contributed by atoms with Crippen molar-refractivity contribution in [3.8, 4) is 10.7 Å². The van der Waals surface area contributed by atoms with Crippen LogP contribution in [0.1, 0.15) is 30.5 Å². The SMILES string of the molecule is c1ccc(-c2nc(CNc3nnc([C@H]4CCCO4)o3)cs2)nc1. The summed E-state index contributed by atoms with van der Waals surface area (Å²) >= 11 is 1.56. The number of rotatable bonds is 5. The van der Waals surface area contributed by atoms with E-state index in [-0.39, 0.29) is 6.10 Å². The van der Waals surface area contributed by atoms with Crippen molar-refractivity contribution < 1.29 is 9.15 Å². The molecule has 3 aromatic rings. The molecule has 0 aliphatic carbocycles. The van der Waals surface area contributed by atoms with Crippen LogP contribution in [0.25, 0.3) is 10.7 Å². The van der Waals surface area contributed by atoms with Crippen LogP contribution in [0.15, 0.2) is 34.2 Å². The van der Waals surface area contributed by atoms with Crippen LogP contribution in [0.5, 0.6) is 0 Å². The number of ether oxygens (including phenoxy) is 1. The topological polar surface area (TPSA) is 86.0 Å². The lowest BCUT2D eigenvalue weighted by molar-refractivity contribution is 0.0897. The maximum atomic E-state index is 5.59. The zero-order valence-electron chi connectivity index (χ0n) is 12.3. The maximum absolute atomic E-state index is 5.59. The number of nitrogens with one attached hydrogen (secondary N) is 1. The fourth-order valence-corrected chi connectivity index (χ4v) is 3.16. The lowest BCUT2D eigenvalue weighted by Gasteiger charge is -2.01. The van der Waals surface area contributed by atoms with Crippen molar-refractivity contribution in [3.05, 3.63) is 41.4 Å². The first-order chi connectivity index (χ1) is 11.4. The molecule has 7 nitrogen and oxygen atoms in total. The maximum Gasteiger partial charge on any atom is 0.315 e. The number of anilines is 1. The third-order valence-corrected chi connectivity index (χ3v) is 4.42. The van der Waals surface area contributed by atoms with Crippen LogP contribution in [0, 0.1) is 0 Å². The van der Waals surface area contributed by atoms with Gasteiger partial charge in [-0.15, -0.1) is 16.4 Å². The quantitative estimate of drug-likeness (QED) is 0.770. The van der Waals surface area contributed by atoms with Gasteiger partial charge in [0, 0.05) is 18.2 Å². The van der Waals surface area contributed by atoms with Crippen LogP contribution < -0.4 is 5.32 Å². The Bertz CT molecular complexity index is 767. The summed E-state index contributed by atoms with van der Waals surface area (Å²) in [5, 5.41) is 14.0. The number of pyridine rings is 1. The molecule has 0 aromatic carbocycles. The van der Waals surface area contributed by atoms with E-state index in [1.54, 1.807) is 17.5 Å². The van der Waals surface area contributed by atoms with E-state index in [1.807, 2.05) is 23.6 Å². The molecular weight excluding hydrogens is 314 g/mol. The normalized spacial score (nSPS) is 17.5. The molecule has 4 heterocycles. The highest BCUT2D eigenvalue weighted by atomic mass is 32.1. The Balaban J connectivity index is 1.39. The van der Waals surface area contributed by atoms with Gasteiger partial charge in [-0.3, -0.25) is 4.98 Å². The zero-order chi connectivity index (χ0) is 15.5. The van der Waals surface area contributed by atoms with Gasteiger partial charge in [0.25, 0.3) is 0 Å². The second kappa shape index (κ2) is 6.43. The predicted octanol–water partition coefficient (Wildman–Crippen LogP) is 3.05. The molecule has 1 aliphatic heterocycles. The minimum Gasteiger partial charge on any atom is -0.405 e. The Morgan fingerprint density at radius 1 is 1.30 bits per heavy atom. The average molecular weight is 329 g/mol. The van der Waals surface area contributed by atoms with Crippen molar-refractivity contribution in [2.45, 2.75) is 25.5 Å². The van der Waals surface area contributed by atoms with Gasteiger partial charge < -0.3 is 14.5 Å². The molecule has 1 atom stereocenters. The van der Waals surface area contributed by atoms with E-state index in [4.69, 9.17) is 9.15 Å². The molecule has 4 rings (SSSR count). The van der Waals surface area contributed by atoms with E-state index in [2.05, 4.69) is 25.5 Å². The zero-order valence-corrected chi connectivity index (χ0v) is 13.1. The molecule has 1 aliphatic rings. The molecular formula is C15H15N5O2S. The van der Waals surface area contributed by atoms with Crippen molar-refractivity contribution in [1.82, 2.24) is 20.2 Å². The van der Waals surface area contributed by atoms with Crippen LogP contribution in [0.2, 0.25) is 0 Å². The Kier molecular flexibility index (Phi) is 3.99. The summed E-state index contributed by atoms with van der Waals surface area (Å²) in [6.45, 7) is 1.28. The summed E-state index contributed by atoms with van der Waals surface area (Å²) in [6.07, 6.45) is 3.67. The minimum atomic E-state index is -0.0620. The first-order valence-corrected chi connectivity index (χ1v) is 8.31. The van der Waals surface area contributed by atoms with Gasteiger partial charge in [-0.25, -0.2) is 4.98 Å². The summed E-state index contributed by atoms with van der Waals surface area (Å²) in [6, 6.07) is 6.18. The second-order valence-corrected chi connectivity index (χ2v) is 6.02. The Hall–Kier alpha value is -2.32. The van der Waals surface area contributed by atoms with Gasteiger partial charge in [0.2, 0.25) is 5.89 Å². The van der Waals surface area contributed by atoms with Gasteiger partial charge in [0.15, 0.2) is 0 Å². The van der Waals surface area contributed by atoms with Crippen LogP contribution in [0.4, 0.5) is 6.01 Å². The molecule has 1 fully saturated rings. The molecule has 0 saturated carbocycles. The van der Waals surface area contributed by atoms with E-state index in [0.29, 0.717) is 18.5 Å². The fourth-order valence-electron chi connectivity index (χ4n) is 2.37. The van der Waals surface area contributed by atoms with Crippen LogP contribution in [0.3, 0.4) is 0 Å². The number of hydrogen-bond acceptors (Lipinski definition) is 8. The van der Waals surface area contributed by atoms with Gasteiger partial charge in [-0.1, -0.05) is 11.2 Å². The summed E-state index contributed by atoms with van der Waals surface area (Å²) < 4.78 is 11.1. The summed E-state index contributed by atoms with van der Waals surface area (Å²) in [7, 11) is 0. The molecule has 3 aromatic heterocycles. The summed E-state index contributed by atoms with van der Waals surface area (Å²) in [4.78, 5) is 8.86. The van der Waals surface area contributed by atoms with E-state index >= 15 is 0 Å². The smallest absolute Gasteiger partial charge is 0.315 e. The highest BCUT2D eigenvalue weighted by Gasteiger charge is 2.23. The molecule has 8 heteroatoms.